The number of methoxy groups -OCH3 is 1. The molecule has 0 radical (unpaired) electrons. The van der Waals surface area contributed by atoms with Crippen LogP contribution in [0, 0.1) is 11.3 Å². The van der Waals surface area contributed by atoms with Crippen molar-refractivity contribution in [3.63, 3.8) is 0 Å². The zero-order valence-electron chi connectivity index (χ0n) is 12.7. The van der Waals surface area contributed by atoms with Crippen molar-refractivity contribution in [2.75, 3.05) is 33.4 Å². The Morgan fingerprint density at radius 1 is 1.43 bits per heavy atom. The predicted octanol–water partition coefficient (Wildman–Crippen LogP) is 2.07. The molecule has 2 heterocycles. The summed E-state index contributed by atoms with van der Waals surface area (Å²) in [6.07, 6.45) is 0.434. The van der Waals surface area contributed by atoms with Gasteiger partial charge < -0.3 is 14.6 Å². The maximum atomic E-state index is 11.5. The molecular weight excluding hydrogens is 298 g/mol. The first-order valence-electron chi connectivity index (χ1n) is 7.29. The maximum absolute atomic E-state index is 11.5. The van der Waals surface area contributed by atoms with Crippen LogP contribution in [-0.4, -0.2) is 54.1 Å². The topological polar surface area (TPSA) is 87.7 Å². The summed E-state index contributed by atoms with van der Waals surface area (Å²) in [5, 5.41) is 19.8. The van der Waals surface area contributed by atoms with Gasteiger partial charge in [0, 0.05) is 36.3 Å². The Balaban J connectivity index is 2.12. The molecule has 7 heteroatoms. The van der Waals surface area contributed by atoms with Crippen LogP contribution in [-0.2, 0) is 4.74 Å². The van der Waals surface area contributed by atoms with Crippen molar-refractivity contribution < 1.29 is 19.4 Å². The van der Waals surface area contributed by atoms with Crippen LogP contribution in [0.4, 0.5) is 4.79 Å². The standard InChI is InChI=1S/C16H17N3O4/c1-22-11-2-3-12-13(10-19(16(20)21)14(12)8-11)15(9-17)18-4-6-23-7-5-18/h2-3,8,10,15H,4-7H2,1H3,(H,20,21). The first-order chi connectivity index (χ1) is 11.2. The Bertz CT molecular complexity index is 771. The normalized spacial score (nSPS) is 16.9. The van der Waals surface area contributed by atoms with E-state index in [9.17, 15) is 15.2 Å². The minimum atomic E-state index is -1.09. The number of nitrogens with zero attached hydrogens (tertiary/aromatic N) is 3. The van der Waals surface area contributed by atoms with Gasteiger partial charge in [0.25, 0.3) is 0 Å². The van der Waals surface area contributed by atoms with E-state index in [1.54, 1.807) is 18.2 Å². The molecule has 1 atom stereocenters. The van der Waals surface area contributed by atoms with Crippen LogP contribution < -0.4 is 4.74 Å². The van der Waals surface area contributed by atoms with Gasteiger partial charge in [-0.1, -0.05) is 0 Å². The first-order valence-corrected chi connectivity index (χ1v) is 7.29. The van der Waals surface area contributed by atoms with E-state index in [4.69, 9.17) is 9.47 Å². The van der Waals surface area contributed by atoms with Crippen molar-refractivity contribution in [3.05, 3.63) is 30.0 Å². The number of hydrogen-bond acceptors (Lipinski definition) is 5. The summed E-state index contributed by atoms with van der Waals surface area (Å²) in [4.78, 5) is 13.5. The molecule has 1 saturated heterocycles. The third-order valence-electron chi connectivity index (χ3n) is 4.08. The molecule has 0 aliphatic carbocycles. The predicted molar refractivity (Wildman–Crippen MR) is 82.7 cm³/mol. The van der Waals surface area contributed by atoms with Crippen LogP contribution in [0.5, 0.6) is 5.75 Å². The minimum absolute atomic E-state index is 0.504. The monoisotopic (exact) mass is 315 g/mol. The molecule has 1 unspecified atom stereocenters. The summed E-state index contributed by atoms with van der Waals surface area (Å²) in [6.45, 7) is 2.44. The molecule has 120 valence electrons. The van der Waals surface area contributed by atoms with Crippen LogP contribution in [0.25, 0.3) is 10.9 Å². The van der Waals surface area contributed by atoms with Crippen LogP contribution in [0.2, 0.25) is 0 Å². The lowest BCUT2D eigenvalue weighted by Crippen LogP contribution is -2.38. The molecule has 0 bridgehead atoms. The van der Waals surface area contributed by atoms with E-state index in [1.807, 2.05) is 4.90 Å². The SMILES string of the molecule is COc1ccc2c(C(C#N)N3CCOCC3)cn(C(=O)O)c2c1. The molecule has 1 aliphatic rings. The third kappa shape index (κ3) is 2.74. The van der Waals surface area contributed by atoms with E-state index in [0.29, 0.717) is 43.1 Å². The molecule has 1 aliphatic heterocycles. The van der Waals surface area contributed by atoms with Crippen molar-refractivity contribution in [2.45, 2.75) is 6.04 Å². The maximum Gasteiger partial charge on any atom is 0.416 e. The Kier molecular flexibility index (Phi) is 4.19. The van der Waals surface area contributed by atoms with E-state index >= 15 is 0 Å². The number of benzene rings is 1. The second-order valence-corrected chi connectivity index (χ2v) is 5.30. The Labute approximate surface area is 133 Å². The van der Waals surface area contributed by atoms with Crippen LogP contribution >= 0.6 is 0 Å². The molecule has 0 spiro atoms. The van der Waals surface area contributed by atoms with Crippen molar-refractivity contribution in [2.24, 2.45) is 0 Å². The third-order valence-corrected chi connectivity index (χ3v) is 4.08. The Hall–Kier alpha value is -2.56. The van der Waals surface area contributed by atoms with Crippen LogP contribution in [0.3, 0.4) is 0 Å². The van der Waals surface area contributed by atoms with E-state index < -0.39 is 12.1 Å². The van der Waals surface area contributed by atoms with Crippen molar-refractivity contribution >= 4 is 17.0 Å². The van der Waals surface area contributed by atoms with E-state index in [-0.39, 0.29) is 0 Å². The summed E-state index contributed by atoms with van der Waals surface area (Å²) >= 11 is 0. The summed E-state index contributed by atoms with van der Waals surface area (Å²) in [6, 6.07) is 7.03. The molecule has 1 fully saturated rings. The molecule has 0 amide bonds. The quantitative estimate of drug-likeness (QED) is 0.933. The van der Waals surface area contributed by atoms with Gasteiger partial charge in [-0.2, -0.15) is 5.26 Å². The lowest BCUT2D eigenvalue weighted by molar-refractivity contribution is 0.0268. The number of aromatic nitrogens is 1. The minimum Gasteiger partial charge on any atom is -0.497 e. The van der Waals surface area contributed by atoms with Crippen molar-refractivity contribution in [1.29, 1.82) is 5.26 Å². The fraction of sp³-hybridized carbons (Fsp3) is 0.375. The van der Waals surface area contributed by atoms with Gasteiger partial charge in [0.2, 0.25) is 0 Å². The van der Waals surface area contributed by atoms with Gasteiger partial charge in [-0.15, -0.1) is 0 Å². The van der Waals surface area contributed by atoms with Gasteiger partial charge in [-0.05, 0) is 12.1 Å². The smallest absolute Gasteiger partial charge is 0.416 e. The number of carboxylic acid groups (broad SMARTS) is 1. The second-order valence-electron chi connectivity index (χ2n) is 5.30. The Morgan fingerprint density at radius 3 is 2.78 bits per heavy atom. The van der Waals surface area contributed by atoms with Gasteiger partial charge in [0.05, 0.1) is 31.9 Å². The van der Waals surface area contributed by atoms with Gasteiger partial charge >= 0.3 is 6.09 Å². The molecular formula is C16H17N3O4. The molecule has 23 heavy (non-hydrogen) atoms. The number of rotatable bonds is 3. The van der Waals surface area contributed by atoms with E-state index in [2.05, 4.69) is 6.07 Å². The fourth-order valence-electron chi connectivity index (χ4n) is 2.92. The Morgan fingerprint density at radius 2 is 2.17 bits per heavy atom. The summed E-state index contributed by atoms with van der Waals surface area (Å²) in [7, 11) is 1.53. The highest BCUT2D eigenvalue weighted by atomic mass is 16.5. The highest BCUT2D eigenvalue weighted by Crippen LogP contribution is 2.32. The summed E-state index contributed by atoms with van der Waals surface area (Å²) in [5.74, 6) is 0.574. The average molecular weight is 315 g/mol. The second kappa shape index (κ2) is 6.28. The molecule has 7 nitrogen and oxygen atoms in total. The number of nitriles is 1. The number of hydrogen-bond donors (Lipinski definition) is 1. The molecule has 1 aromatic heterocycles. The molecule has 3 rings (SSSR count). The van der Waals surface area contributed by atoms with E-state index in [0.717, 1.165) is 9.95 Å². The summed E-state index contributed by atoms with van der Waals surface area (Å²) < 4.78 is 11.6. The van der Waals surface area contributed by atoms with E-state index in [1.165, 1.54) is 13.3 Å². The number of morpholine rings is 1. The lowest BCUT2D eigenvalue weighted by Gasteiger charge is -2.30. The number of carbonyl (C=O) groups is 1. The average Bonchev–Trinajstić information content (AvgIpc) is 2.95. The summed E-state index contributed by atoms with van der Waals surface area (Å²) in [5.41, 5.74) is 1.20. The van der Waals surface area contributed by atoms with Crippen LogP contribution in [0.15, 0.2) is 24.4 Å². The highest BCUT2D eigenvalue weighted by Gasteiger charge is 2.26. The molecule has 1 N–H and O–H groups in total. The number of ether oxygens (including phenoxy) is 2. The molecule has 0 saturated carbocycles. The first kappa shape index (κ1) is 15.3. The van der Waals surface area contributed by atoms with Gasteiger partial charge in [0.15, 0.2) is 0 Å². The fourth-order valence-corrected chi connectivity index (χ4v) is 2.92. The zero-order chi connectivity index (χ0) is 16.4. The highest BCUT2D eigenvalue weighted by molar-refractivity contribution is 5.92. The van der Waals surface area contributed by atoms with Crippen molar-refractivity contribution in [3.8, 4) is 11.8 Å². The van der Waals surface area contributed by atoms with Gasteiger partial charge in [-0.3, -0.25) is 9.47 Å². The van der Waals surface area contributed by atoms with Gasteiger partial charge in [0.1, 0.15) is 11.8 Å². The largest absolute Gasteiger partial charge is 0.497 e. The van der Waals surface area contributed by atoms with Crippen LogP contribution in [0.1, 0.15) is 11.6 Å². The molecule has 2 aromatic rings. The lowest BCUT2D eigenvalue weighted by atomic mass is 10.0. The van der Waals surface area contributed by atoms with Gasteiger partial charge in [-0.25, -0.2) is 4.79 Å². The zero-order valence-corrected chi connectivity index (χ0v) is 12.7. The van der Waals surface area contributed by atoms with Crippen molar-refractivity contribution in [1.82, 2.24) is 9.47 Å². The molecule has 1 aromatic carbocycles. The number of fused-ring (bicyclic) bond motifs is 1.